The number of rotatable bonds is 9. The molecule has 1 fully saturated rings. The summed E-state index contributed by atoms with van der Waals surface area (Å²) < 4.78 is 1.95. The van der Waals surface area contributed by atoms with Gasteiger partial charge < -0.3 is 15.2 Å². The minimum atomic E-state index is -0.0529. The summed E-state index contributed by atoms with van der Waals surface area (Å²) >= 11 is 1.39. The number of hydrogen-bond acceptors (Lipinski definition) is 5. The Labute approximate surface area is 176 Å². The molecule has 0 unspecified atom stereocenters. The van der Waals surface area contributed by atoms with E-state index in [-0.39, 0.29) is 11.8 Å². The molecule has 0 atom stereocenters. The molecule has 0 radical (unpaired) electrons. The Morgan fingerprint density at radius 2 is 1.86 bits per heavy atom. The molecule has 0 saturated heterocycles. The van der Waals surface area contributed by atoms with Crippen LogP contribution in [0.1, 0.15) is 50.4 Å². The predicted molar refractivity (Wildman–Crippen MR) is 113 cm³/mol. The SMILES string of the molecule is CCn1c(CNC(=O)Cc2ccccc2)nnc1SCC(=O)NC1CCCCC1. The van der Waals surface area contributed by atoms with Gasteiger partial charge in [0.15, 0.2) is 11.0 Å². The van der Waals surface area contributed by atoms with Crippen molar-refractivity contribution in [3.63, 3.8) is 0 Å². The summed E-state index contributed by atoms with van der Waals surface area (Å²) in [6.45, 7) is 3.01. The second-order valence-corrected chi connectivity index (χ2v) is 8.22. The van der Waals surface area contributed by atoms with Crippen LogP contribution in [0.2, 0.25) is 0 Å². The number of carbonyl (C=O) groups is 2. The van der Waals surface area contributed by atoms with Gasteiger partial charge in [-0.3, -0.25) is 9.59 Å². The minimum absolute atomic E-state index is 0.0465. The highest BCUT2D eigenvalue weighted by Gasteiger charge is 2.17. The Morgan fingerprint density at radius 3 is 2.59 bits per heavy atom. The molecule has 2 N–H and O–H groups in total. The molecule has 2 aromatic rings. The van der Waals surface area contributed by atoms with Crippen molar-refractivity contribution in [3.8, 4) is 0 Å². The summed E-state index contributed by atoms with van der Waals surface area (Å²) in [5.41, 5.74) is 0.974. The van der Waals surface area contributed by atoms with Gasteiger partial charge >= 0.3 is 0 Å². The maximum Gasteiger partial charge on any atom is 0.230 e. The van der Waals surface area contributed by atoms with Crippen LogP contribution < -0.4 is 10.6 Å². The standard InChI is InChI=1S/C21H29N5O2S/c1-2-26-18(14-22-19(27)13-16-9-5-3-6-10-16)24-25-21(26)29-15-20(28)23-17-11-7-4-8-12-17/h3,5-6,9-10,17H,2,4,7-8,11-15H2,1H3,(H,22,27)(H,23,28). The highest BCUT2D eigenvalue weighted by atomic mass is 32.2. The Morgan fingerprint density at radius 1 is 1.10 bits per heavy atom. The summed E-state index contributed by atoms with van der Waals surface area (Å²) in [5, 5.41) is 15.2. The van der Waals surface area contributed by atoms with Gasteiger partial charge in [-0.25, -0.2) is 0 Å². The van der Waals surface area contributed by atoms with Crippen LogP contribution in [-0.4, -0.2) is 38.4 Å². The van der Waals surface area contributed by atoms with Crippen LogP contribution in [0.3, 0.4) is 0 Å². The van der Waals surface area contributed by atoms with Gasteiger partial charge in [0, 0.05) is 12.6 Å². The maximum atomic E-state index is 12.2. The lowest BCUT2D eigenvalue weighted by molar-refractivity contribution is -0.121. The largest absolute Gasteiger partial charge is 0.353 e. The van der Waals surface area contributed by atoms with Crippen molar-refractivity contribution in [3.05, 3.63) is 41.7 Å². The molecule has 0 spiro atoms. The number of carbonyl (C=O) groups excluding carboxylic acids is 2. The normalized spacial score (nSPS) is 14.5. The van der Waals surface area contributed by atoms with Crippen LogP contribution in [0.15, 0.2) is 35.5 Å². The van der Waals surface area contributed by atoms with E-state index in [1.165, 1.54) is 31.0 Å². The maximum absolute atomic E-state index is 12.2. The third kappa shape index (κ3) is 6.59. The fourth-order valence-electron chi connectivity index (χ4n) is 3.54. The van der Waals surface area contributed by atoms with Gasteiger partial charge in [0.25, 0.3) is 0 Å². The second-order valence-electron chi connectivity index (χ2n) is 7.27. The Balaban J connectivity index is 1.47. The van der Waals surface area contributed by atoms with E-state index in [4.69, 9.17) is 0 Å². The molecule has 8 heteroatoms. The van der Waals surface area contributed by atoms with Gasteiger partial charge in [0.05, 0.1) is 18.7 Å². The van der Waals surface area contributed by atoms with Crippen LogP contribution in [0.4, 0.5) is 0 Å². The first-order valence-corrected chi connectivity index (χ1v) is 11.3. The molecule has 3 rings (SSSR count). The minimum Gasteiger partial charge on any atom is -0.353 e. The summed E-state index contributed by atoms with van der Waals surface area (Å²) in [5.74, 6) is 1.02. The van der Waals surface area contributed by atoms with Gasteiger partial charge in [0.2, 0.25) is 11.8 Å². The van der Waals surface area contributed by atoms with Crippen LogP contribution in [0, 0.1) is 0 Å². The topological polar surface area (TPSA) is 88.9 Å². The zero-order valence-electron chi connectivity index (χ0n) is 16.9. The molecule has 156 valence electrons. The number of nitrogens with one attached hydrogen (secondary N) is 2. The van der Waals surface area contributed by atoms with Crippen LogP contribution in [0.5, 0.6) is 0 Å². The van der Waals surface area contributed by atoms with Gasteiger partial charge in [-0.1, -0.05) is 61.4 Å². The average molecular weight is 416 g/mol. The predicted octanol–water partition coefficient (Wildman–Crippen LogP) is 2.70. The molecule has 1 aliphatic rings. The molecule has 0 bridgehead atoms. The molecular weight excluding hydrogens is 386 g/mol. The highest BCUT2D eigenvalue weighted by molar-refractivity contribution is 7.99. The number of amides is 2. The van der Waals surface area contributed by atoms with E-state index in [1.807, 2.05) is 41.8 Å². The molecule has 1 saturated carbocycles. The second kappa shape index (κ2) is 11.0. The molecular formula is C21H29N5O2S. The van der Waals surface area contributed by atoms with Crippen molar-refractivity contribution in [1.29, 1.82) is 0 Å². The molecule has 0 aliphatic heterocycles. The monoisotopic (exact) mass is 415 g/mol. The lowest BCUT2D eigenvalue weighted by Crippen LogP contribution is -2.37. The molecule has 1 aromatic heterocycles. The van der Waals surface area contributed by atoms with Crippen molar-refractivity contribution in [2.45, 2.75) is 69.7 Å². The van der Waals surface area contributed by atoms with Crippen LogP contribution in [-0.2, 0) is 29.1 Å². The first-order valence-electron chi connectivity index (χ1n) is 10.3. The van der Waals surface area contributed by atoms with E-state index in [0.29, 0.717) is 42.3 Å². The summed E-state index contributed by atoms with van der Waals surface area (Å²) in [6, 6.07) is 9.95. The smallest absolute Gasteiger partial charge is 0.230 e. The first kappa shape index (κ1) is 21.4. The number of thioether (sulfide) groups is 1. The summed E-state index contributed by atoms with van der Waals surface area (Å²) in [6.07, 6.45) is 6.15. The number of aromatic nitrogens is 3. The lowest BCUT2D eigenvalue weighted by atomic mass is 9.95. The zero-order valence-corrected chi connectivity index (χ0v) is 17.7. The number of hydrogen-bond donors (Lipinski definition) is 2. The first-order chi connectivity index (χ1) is 14.2. The van der Waals surface area contributed by atoms with Crippen molar-refractivity contribution >= 4 is 23.6 Å². The van der Waals surface area contributed by atoms with Gasteiger partial charge in [-0.05, 0) is 25.3 Å². The van der Waals surface area contributed by atoms with Crippen LogP contribution in [0.25, 0.3) is 0 Å². The van der Waals surface area contributed by atoms with E-state index in [2.05, 4.69) is 20.8 Å². The summed E-state index contributed by atoms with van der Waals surface area (Å²) in [7, 11) is 0. The van der Waals surface area contributed by atoms with Crippen molar-refractivity contribution < 1.29 is 9.59 Å². The third-order valence-electron chi connectivity index (χ3n) is 5.06. The molecule has 1 heterocycles. The number of benzene rings is 1. The molecule has 2 amide bonds. The van der Waals surface area contributed by atoms with E-state index >= 15 is 0 Å². The Kier molecular flexibility index (Phi) is 8.10. The fraction of sp³-hybridized carbons (Fsp3) is 0.524. The summed E-state index contributed by atoms with van der Waals surface area (Å²) in [4.78, 5) is 24.4. The van der Waals surface area contributed by atoms with E-state index in [0.717, 1.165) is 18.4 Å². The van der Waals surface area contributed by atoms with E-state index < -0.39 is 0 Å². The van der Waals surface area contributed by atoms with Crippen molar-refractivity contribution in [2.75, 3.05) is 5.75 Å². The van der Waals surface area contributed by atoms with E-state index in [1.54, 1.807) is 0 Å². The number of nitrogens with zero attached hydrogens (tertiary/aromatic N) is 3. The average Bonchev–Trinajstić information content (AvgIpc) is 3.14. The quantitative estimate of drug-likeness (QED) is 0.615. The fourth-order valence-corrected chi connectivity index (χ4v) is 4.37. The third-order valence-corrected chi connectivity index (χ3v) is 6.03. The lowest BCUT2D eigenvalue weighted by Gasteiger charge is -2.22. The van der Waals surface area contributed by atoms with Crippen molar-refractivity contribution in [2.24, 2.45) is 0 Å². The zero-order chi connectivity index (χ0) is 20.5. The molecule has 7 nitrogen and oxygen atoms in total. The molecule has 1 aliphatic carbocycles. The Hall–Kier alpha value is -2.35. The van der Waals surface area contributed by atoms with Gasteiger partial charge in [0.1, 0.15) is 0 Å². The Bertz CT molecular complexity index is 803. The van der Waals surface area contributed by atoms with E-state index in [9.17, 15) is 9.59 Å². The molecule has 29 heavy (non-hydrogen) atoms. The van der Waals surface area contributed by atoms with Crippen molar-refractivity contribution in [1.82, 2.24) is 25.4 Å². The van der Waals surface area contributed by atoms with Gasteiger partial charge in [-0.15, -0.1) is 10.2 Å². The molecule has 1 aromatic carbocycles. The van der Waals surface area contributed by atoms with Crippen LogP contribution >= 0.6 is 11.8 Å². The highest BCUT2D eigenvalue weighted by Crippen LogP contribution is 2.19. The van der Waals surface area contributed by atoms with Gasteiger partial charge in [-0.2, -0.15) is 0 Å².